The second-order valence-electron chi connectivity index (χ2n) is 2.58. The molecule has 0 aromatic carbocycles. The first-order valence-electron chi connectivity index (χ1n) is 3.52. The second kappa shape index (κ2) is 3.16. The molecule has 0 bridgehead atoms. The molecule has 2 nitrogen and oxygen atoms in total. The number of pyridine rings is 1. The average molecular weight is 146 g/mol. The van der Waals surface area contributed by atoms with Crippen LogP contribution < -0.4 is 0 Å². The number of nitrogens with zero attached hydrogens (tertiary/aromatic N) is 2. The molecule has 0 saturated heterocycles. The highest BCUT2D eigenvalue weighted by Gasteiger charge is 1.99. The van der Waals surface area contributed by atoms with Crippen LogP contribution in [0.15, 0.2) is 12.4 Å². The Hall–Kier alpha value is -1.36. The first-order valence-corrected chi connectivity index (χ1v) is 3.52. The molecule has 11 heavy (non-hydrogen) atoms. The van der Waals surface area contributed by atoms with Gasteiger partial charge in [0.05, 0.1) is 12.5 Å². The Labute approximate surface area is 66.5 Å². The summed E-state index contributed by atoms with van der Waals surface area (Å²) in [7, 11) is 0. The summed E-state index contributed by atoms with van der Waals surface area (Å²) in [6.45, 7) is 4.02. The summed E-state index contributed by atoms with van der Waals surface area (Å²) in [5, 5.41) is 8.46. The van der Waals surface area contributed by atoms with Crippen LogP contribution in [0.5, 0.6) is 0 Å². The van der Waals surface area contributed by atoms with Crippen LogP contribution in [0, 0.1) is 25.2 Å². The molecule has 1 heterocycles. The summed E-state index contributed by atoms with van der Waals surface area (Å²) >= 11 is 0. The normalized spacial score (nSPS) is 9.18. The number of hydrogen-bond acceptors (Lipinski definition) is 2. The van der Waals surface area contributed by atoms with Crippen molar-refractivity contribution in [1.82, 2.24) is 4.98 Å². The number of rotatable bonds is 1. The van der Waals surface area contributed by atoms with Gasteiger partial charge in [0, 0.05) is 12.4 Å². The van der Waals surface area contributed by atoms with Gasteiger partial charge in [-0.05, 0) is 30.5 Å². The maximum Gasteiger partial charge on any atom is 0.0670 e. The summed E-state index contributed by atoms with van der Waals surface area (Å²) < 4.78 is 0. The van der Waals surface area contributed by atoms with E-state index in [0.29, 0.717) is 6.42 Å². The molecular formula is C9H10N2. The van der Waals surface area contributed by atoms with E-state index in [-0.39, 0.29) is 0 Å². The zero-order valence-corrected chi connectivity index (χ0v) is 6.76. The van der Waals surface area contributed by atoms with E-state index in [2.05, 4.69) is 11.1 Å². The van der Waals surface area contributed by atoms with E-state index in [4.69, 9.17) is 5.26 Å². The first-order chi connectivity index (χ1) is 5.25. The van der Waals surface area contributed by atoms with E-state index < -0.39 is 0 Å². The number of aryl methyl sites for hydroxylation is 1. The molecule has 1 aromatic rings. The molecule has 1 rings (SSSR count). The van der Waals surface area contributed by atoms with Crippen LogP contribution in [0.25, 0.3) is 0 Å². The van der Waals surface area contributed by atoms with Crippen LogP contribution >= 0.6 is 0 Å². The highest BCUT2D eigenvalue weighted by Crippen LogP contribution is 2.10. The first kappa shape index (κ1) is 7.74. The van der Waals surface area contributed by atoms with Gasteiger partial charge in [-0.25, -0.2) is 0 Å². The van der Waals surface area contributed by atoms with E-state index in [1.54, 1.807) is 6.20 Å². The third-order valence-electron chi connectivity index (χ3n) is 1.84. The lowest BCUT2D eigenvalue weighted by molar-refractivity contribution is 1.11. The van der Waals surface area contributed by atoms with Crippen molar-refractivity contribution in [3.05, 3.63) is 29.1 Å². The lowest BCUT2D eigenvalue weighted by Gasteiger charge is -2.02. The Morgan fingerprint density at radius 3 is 2.82 bits per heavy atom. The molecule has 0 fully saturated rings. The molecule has 0 aliphatic heterocycles. The monoisotopic (exact) mass is 146 g/mol. The van der Waals surface area contributed by atoms with E-state index in [9.17, 15) is 0 Å². The van der Waals surface area contributed by atoms with Gasteiger partial charge in [-0.2, -0.15) is 5.26 Å². The molecule has 0 aliphatic carbocycles. The molecule has 56 valence electrons. The van der Waals surface area contributed by atoms with Crippen molar-refractivity contribution in [3.8, 4) is 6.07 Å². The molecule has 1 aromatic heterocycles. The van der Waals surface area contributed by atoms with Crippen LogP contribution in [0.3, 0.4) is 0 Å². The van der Waals surface area contributed by atoms with E-state index >= 15 is 0 Å². The maximum atomic E-state index is 8.46. The largest absolute Gasteiger partial charge is 0.264 e. The quantitative estimate of drug-likeness (QED) is 0.605. The lowest BCUT2D eigenvalue weighted by Crippen LogP contribution is -1.91. The topological polar surface area (TPSA) is 36.7 Å². The van der Waals surface area contributed by atoms with Gasteiger partial charge < -0.3 is 0 Å². The molecule has 0 N–H and O–H groups in total. The Morgan fingerprint density at radius 1 is 1.45 bits per heavy atom. The van der Waals surface area contributed by atoms with Crippen molar-refractivity contribution in [3.63, 3.8) is 0 Å². The van der Waals surface area contributed by atoms with Gasteiger partial charge in [0.25, 0.3) is 0 Å². The zero-order valence-electron chi connectivity index (χ0n) is 6.76. The van der Waals surface area contributed by atoms with E-state index in [0.717, 1.165) is 11.1 Å². The van der Waals surface area contributed by atoms with Crippen molar-refractivity contribution in [2.45, 2.75) is 20.3 Å². The predicted molar refractivity (Wildman–Crippen MR) is 43.0 cm³/mol. The molecule has 0 aliphatic rings. The van der Waals surface area contributed by atoms with Crippen molar-refractivity contribution >= 4 is 0 Å². The summed E-state index contributed by atoms with van der Waals surface area (Å²) in [5.41, 5.74) is 3.37. The minimum atomic E-state index is 0.459. The van der Waals surface area contributed by atoms with Gasteiger partial charge in [-0.15, -0.1) is 0 Å². The Morgan fingerprint density at radius 2 is 2.18 bits per heavy atom. The minimum Gasteiger partial charge on any atom is -0.264 e. The van der Waals surface area contributed by atoms with Crippen LogP contribution in [0.2, 0.25) is 0 Å². The number of hydrogen-bond donors (Lipinski definition) is 0. The standard InChI is InChI=1S/C9H10N2/c1-7-5-11-6-9(3-4-10)8(7)2/h5-6H,3H2,1-2H3. The van der Waals surface area contributed by atoms with Crippen LogP contribution in [0.1, 0.15) is 16.7 Å². The van der Waals surface area contributed by atoms with Crippen LogP contribution in [0.4, 0.5) is 0 Å². The molecule has 0 spiro atoms. The summed E-state index contributed by atoms with van der Waals surface area (Å²) in [5.74, 6) is 0. The van der Waals surface area contributed by atoms with Gasteiger partial charge in [-0.3, -0.25) is 4.98 Å². The Balaban J connectivity index is 3.08. The summed E-state index contributed by atoms with van der Waals surface area (Å²) in [6, 6.07) is 2.11. The Bertz CT molecular complexity index is 297. The SMILES string of the molecule is Cc1cncc(CC#N)c1C. The average Bonchev–Trinajstić information content (AvgIpc) is 1.99. The third kappa shape index (κ3) is 1.56. The number of nitriles is 1. The van der Waals surface area contributed by atoms with Crippen molar-refractivity contribution in [1.29, 1.82) is 5.26 Å². The lowest BCUT2D eigenvalue weighted by atomic mass is 10.1. The molecule has 0 saturated carbocycles. The van der Waals surface area contributed by atoms with Crippen molar-refractivity contribution in [2.75, 3.05) is 0 Å². The van der Waals surface area contributed by atoms with Crippen molar-refractivity contribution < 1.29 is 0 Å². The summed E-state index contributed by atoms with van der Waals surface area (Å²) in [4.78, 5) is 4.01. The number of aromatic nitrogens is 1. The van der Waals surface area contributed by atoms with Gasteiger partial charge in [0.2, 0.25) is 0 Å². The molecule has 0 amide bonds. The highest BCUT2D eigenvalue weighted by atomic mass is 14.6. The molecule has 2 heteroatoms. The molecule has 0 atom stereocenters. The smallest absolute Gasteiger partial charge is 0.0670 e. The summed E-state index contributed by atoms with van der Waals surface area (Å²) in [6.07, 6.45) is 4.03. The van der Waals surface area contributed by atoms with Crippen molar-refractivity contribution in [2.24, 2.45) is 0 Å². The Kier molecular flexibility index (Phi) is 2.22. The molecule has 0 unspecified atom stereocenters. The minimum absolute atomic E-state index is 0.459. The maximum absolute atomic E-state index is 8.46. The highest BCUT2D eigenvalue weighted by molar-refractivity contribution is 5.30. The third-order valence-corrected chi connectivity index (χ3v) is 1.84. The molecular weight excluding hydrogens is 136 g/mol. The van der Waals surface area contributed by atoms with Gasteiger partial charge in [-0.1, -0.05) is 0 Å². The van der Waals surface area contributed by atoms with E-state index in [1.807, 2.05) is 20.0 Å². The van der Waals surface area contributed by atoms with Gasteiger partial charge in [0.1, 0.15) is 0 Å². The fourth-order valence-electron chi connectivity index (χ4n) is 0.949. The van der Waals surface area contributed by atoms with Crippen LogP contribution in [-0.4, -0.2) is 4.98 Å². The fraction of sp³-hybridized carbons (Fsp3) is 0.333. The van der Waals surface area contributed by atoms with Gasteiger partial charge in [0.15, 0.2) is 0 Å². The second-order valence-corrected chi connectivity index (χ2v) is 2.58. The predicted octanol–water partition coefficient (Wildman–Crippen LogP) is 1.76. The van der Waals surface area contributed by atoms with Gasteiger partial charge >= 0.3 is 0 Å². The van der Waals surface area contributed by atoms with Crippen LogP contribution in [-0.2, 0) is 6.42 Å². The molecule has 0 radical (unpaired) electrons. The van der Waals surface area contributed by atoms with E-state index in [1.165, 1.54) is 5.56 Å². The fourth-order valence-corrected chi connectivity index (χ4v) is 0.949. The zero-order chi connectivity index (χ0) is 8.27.